The van der Waals surface area contributed by atoms with E-state index in [0.717, 1.165) is 24.9 Å². The summed E-state index contributed by atoms with van der Waals surface area (Å²) in [4.78, 5) is 12.1. The Bertz CT molecular complexity index is 451. The lowest BCUT2D eigenvalue weighted by atomic mass is 10.00. The Balaban J connectivity index is 0.00000180. The number of nitrogens with one attached hydrogen (secondary N) is 2. The van der Waals surface area contributed by atoms with Crippen LogP contribution in [0.15, 0.2) is 18.2 Å². The van der Waals surface area contributed by atoms with E-state index < -0.39 is 0 Å². The van der Waals surface area contributed by atoms with Gasteiger partial charge in [-0.1, -0.05) is 11.6 Å². The van der Waals surface area contributed by atoms with E-state index in [4.69, 9.17) is 11.6 Å². The predicted octanol–water partition coefficient (Wildman–Crippen LogP) is 2.94. The van der Waals surface area contributed by atoms with Crippen molar-refractivity contribution >= 4 is 29.9 Å². The van der Waals surface area contributed by atoms with E-state index in [1.54, 1.807) is 12.1 Å². The van der Waals surface area contributed by atoms with Crippen LogP contribution in [-0.4, -0.2) is 24.5 Å². The topological polar surface area (TPSA) is 41.1 Å². The second-order valence-corrected chi connectivity index (χ2v) is 5.42. The Morgan fingerprint density at radius 3 is 2.84 bits per heavy atom. The molecule has 0 bridgehead atoms. The van der Waals surface area contributed by atoms with Crippen LogP contribution in [-0.2, 0) is 0 Å². The van der Waals surface area contributed by atoms with Crippen molar-refractivity contribution in [3.8, 4) is 0 Å². The van der Waals surface area contributed by atoms with Crippen LogP contribution in [0, 0.1) is 6.92 Å². The minimum atomic E-state index is -0.00568. The van der Waals surface area contributed by atoms with Gasteiger partial charge < -0.3 is 10.6 Å². The average Bonchev–Trinajstić information content (AvgIpc) is 2.32. The van der Waals surface area contributed by atoms with Gasteiger partial charge in [-0.25, -0.2) is 0 Å². The molecule has 1 saturated heterocycles. The Kier molecular flexibility index (Phi) is 6.11. The standard InChI is InChI=1S/C14H19ClN2O.ClH/c1-9-7-11(3-4-13(9)15)14(18)17-12-5-6-16-10(2)8-12;/h3-4,7,10,12,16H,5-6,8H2,1-2H3,(H,17,18);1H. The van der Waals surface area contributed by atoms with Gasteiger partial charge in [-0.15, -0.1) is 12.4 Å². The van der Waals surface area contributed by atoms with Crippen molar-refractivity contribution < 1.29 is 4.79 Å². The number of carbonyl (C=O) groups is 1. The molecule has 1 amide bonds. The molecule has 5 heteroatoms. The molecule has 0 radical (unpaired) electrons. The van der Waals surface area contributed by atoms with Crippen LogP contribution in [0.25, 0.3) is 0 Å². The van der Waals surface area contributed by atoms with Crippen LogP contribution in [0.5, 0.6) is 0 Å². The van der Waals surface area contributed by atoms with Gasteiger partial charge in [-0.2, -0.15) is 0 Å². The molecule has 1 aliphatic rings. The lowest BCUT2D eigenvalue weighted by Crippen LogP contribution is -2.46. The first kappa shape index (κ1) is 16.3. The normalized spacial score (nSPS) is 22.5. The summed E-state index contributed by atoms with van der Waals surface area (Å²) in [5.74, 6) is -0.00568. The van der Waals surface area contributed by atoms with Crippen molar-refractivity contribution in [2.24, 2.45) is 0 Å². The molecule has 1 aromatic rings. The van der Waals surface area contributed by atoms with Gasteiger partial charge in [0.15, 0.2) is 0 Å². The molecule has 1 fully saturated rings. The molecular formula is C14H20Cl2N2O. The van der Waals surface area contributed by atoms with E-state index in [0.29, 0.717) is 16.6 Å². The zero-order valence-electron chi connectivity index (χ0n) is 11.2. The predicted molar refractivity (Wildman–Crippen MR) is 81.4 cm³/mol. The Morgan fingerprint density at radius 1 is 1.47 bits per heavy atom. The molecule has 2 unspecified atom stereocenters. The summed E-state index contributed by atoms with van der Waals surface area (Å²) < 4.78 is 0. The zero-order chi connectivity index (χ0) is 13.1. The van der Waals surface area contributed by atoms with Crippen molar-refractivity contribution in [3.05, 3.63) is 34.3 Å². The molecule has 0 aromatic heterocycles. The first-order valence-corrected chi connectivity index (χ1v) is 6.74. The monoisotopic (exact) mass is 302 g/mol. The van der Waals surface area contributed by atoms with Gasteiger partial charge in [0.2, 0.25) is 0 Å². The molecule has 1 aromatic carbocycles. The number of hydrogen-bond acceptors (Lipinski definition) is 2. The molecule has 3 nitrogen and oxygen atoms in total. The van der Waals surface area contributed by atoms with Crippen LogP contribution < -0.4 is 10.6 Å². The maximum absolute atomic E-state index is 12.1. The van der Waals surface area contributed by atoms with Crippen molar-refractivity contribution in [3.63, 3.8) is 0 Å². The van der Waals surface area contributed by atoms with Gasteiger partial charge in [-0.05, 0) is 57.0 Å². The number of benzene rings is 1. The molecule has 1 aliphatic heterocycles. The summed E-state index contributed by atoms with van der Waals surface area (Å²) >= 11 is 5.96. The average molecular weight is 303 g/mol. The van der Waals surface area contributed by atoms with Crippen LogP contribution in [0.2, 0.25) is 5.02 Å². The number of hydrogen-bond donors (Lipinski definition) is 2. The van der Waals surface area contributed by atoms with Crippen LogP contribution in [0.4, 0.5) is 0 Å². The summed E-state index contributed by atoms with van der Waals surface area (Å²) in [5, 5.41) is 7.16. The molecular weight excluding hydrogens is 283 g/mol. The number of rotatable bonds is 2. The van der Waals surface area contributed by atoms with Crippen molar-refractivity contribution in [2.45, 2.75) is 38.8 Å². The second-order valence-electron chi connectivity index (χ2n) is 5.01. The summed E-state index contributed by atoms with van der Waals surface area (Å²) in [6.07, 6.45) is 1.97. The molecule has 2 N–H and O–H groups in total. The molecule has 19 heavy (non-hydrogen) atoms. The fourth-order valence-corrected chi connectivity index (χ4v) is 2.44. The first-order valence-electron chi connectivity index (χ1n) is 6.36. The highest BCUT2D eigenvalue weighted by molar-refractivity contribution is 6.31. The zero-order valence-corrected chi connectivity index (χ0v) is 12.8. The van der Waals surface area contributed by atoms with Gasteiger partial charge in [0, 0.05) is 22.7 Å². The lowest BCUT2D eigenvalue weighted by Gasteiger charge is -2.28. The molecule has 0 saturated carbocycles. The van der Waals surface area contributed by atoms with Crippen LogP contribution in [0.1, 0.15) is 35.7 Å². The Labute approximate surface area is 125 Å². The third-order valence-corrected chi connectivity index (χ3v) is 3.80. The van der Waals surface area contributed by atoms with Gasteiger partial charge in [0.1, 0.15) is 0 Å². The van der Waals surface area contributed by atoms with E-state index >= 15 is 0 Å². The fourth-order valence-electron chi connectivity index (χ4n) is 2.32. The summed E-state index contributed by atoms with van der Waals surface area (Å²) in [6.45, 7) is 5.02. The molecule has 106 valence electrons. The maximum Gasteiger partial charge on any atom is 0.251 e. The minimum Gasteiger partial charge on any atom is -0.349 e. The SMILES string of the molecule is Cc1cc(C(=O)NC2CCNC(C)C2)ccc1Cl.Cl. The highest BCUT2D eigenvalue weighted by Gasteiger charge is 2.20. The summed E-state index contributed by atoms with van der Waals surface area (Å²) in [7, 11) is 0. The van der Waals surface area contributed by atoms with E-state index in [1.165, 1.54) is 0 Å². The lowest BCUT2D eigenvalue weighted by molar-refractivity contribution is 0.0925. The van der Waals surface area contributed by atoms with E-state index in [-0.39, 0.29) is 24.4 Å². The van der Waals surface area contributed by atoms with E-state index in [2.05, 4.69) is 17.6 Å². The van der Waals surface area contributed by atoms with Gasteiger partial charge in [0.05, 0.1) is 0 Å². The fraction of sp³-hybridized carbons (Fsp3) is 0.500. The number of carbonyl (C=O) groups excluding carboxylic acids is 1. The van der Waals surface area contributed by atoms with E-state index in [9.17, 15) is 4.79 Å². The number of amides is 1. The van der Waals surface area contributed by atoms with Crippen molar-refractivity contribution in [1.29, 1.82) is 0 Å². The van der Waals surface area contributed by atoms with Crippen molar-refractivity contribution in [1.82, 2.24) is 10.6 Å². The third kappa shape index (κ3) is 4.37. The molecule has 2 atom stereocenters. The summed E-state index contributed by atoms with van der Waals surface area (Å²) in [6, 6.07) is 6.12. The third-order valence-electron chi connectivity index (χ3n) is 3.38. The first-order chi connectivity index (χ1) is 8.56. The highest BCUT2D eigenvalue weighted by Crippen LogP contribution is 2.17. The number of halogens is 2. The Morgan fingerprint density at radius 2 is 2.21 bits per heavy atom. The largest absolute Gasteiger partial charge is 0.349 e. The Hall–Kier alpha value is -0.770. The van der Waals surface area contributed by atoms with Gasteiger partial charge >= 0.3 is 0 Å². The highest BCUT2D eigenvalue weighted by atomic mass is 35.5. The van der Waals surface area contributed by atoms with Crippen LogP contribution in [0.3, 0.4) is 0 Å². The molecule has 1 heterocycles. The maximum atomic E-state index is 12.1. The molecule has 0 aliphatic carbocycles. The minimum absolute atomic E-state index is 0. The smallest absolute Gasteiger partial charge is 0.251 e. The van der Waals surface area contributed by atoms with Gasteiger partial charge in [-0.3, -0.25) is 4.79 Å². The molecule has 2 rings (SSSR count). The van der Waals surface area contributed by atoms with Gasteiger partial charge in [0.25, 0.3) is 5.91 Å². The summed E-state index contributed by atoms with van der Waals surface area (Å²) in [5.41, 5.74) is 1.62. The van der Waals surface area contributed by atoms with Crippen LogP contribution >= 0.6 is 24.0 Å². The number of aryl methyl sites for hydroxylation is 1. The molecule has 0 spiro atoms. The van der Waals surface area contributed by atoms with E-state index in [1.807, 2.05) is 13.0 Å². The quantitative estimate of drug-likeness (QED) is 0.882. The van der Waals surface area contributed by atoms with Crippen molar-refractivity contribution in [2.75, 3.05) is 6.54 Å². The second kappa shape index (κ2) is 7.13. The number of piperidine rings is 1.